The number of nitrogens with zero attached hydrogens (tertiary/aromatic N) is 2. The lowest BCUT2D eigenvalue weighted by molar-refractivity contribution is 0.0525. The average Bonchev–Trinajstić information content (AvgIpc) is 2.80. The number of nitrogens with one attached hydrogen (secondary N) is 1. The number of ether oxygens (including phenoxy) is 1. The molecular formula is C10H16ClN3O2S. The fraction of sp³-hybridized carbons (Fsp3) is 0.700. The molecular weight excluding hydrogens is 262 g/mol. The van der Waals surface area contributed by atoms with Gasteiger partial charge in [-0.3, -0.25) is 0 Å². The summed E-state index contributed by atoms with van der Waals surface area (Å²) in [5.74, 6) is 0.0853. The maximum absolute atomic E-state index is 11.4. The maximum Gasteiger partial charge on any atom is 0.369 e. The first-order valence-corrected chi connectivity index (χ1v) is 6.34. The molecule has 0 saturated carbocycles. The van der Waals surface area contributed by atoms with Gasteiger partial charge in [-0.15, -0.1) is 22.6 Å². The van der Waals surface area contributed by atoms with Gasteiger partial charge in [-0.1, -0.05) is 11.3 Å². The highest BCUT2D eigenvalue weighted by Gasteiger charge is 2.21. The molecule has 96 valence electrons. The van der Waals surface area contributed by atoms with Crippen LogP contribution in [0.5, 0.6) is 0 Å². The van der Waals surface area contributed by atoms with Gasteiger partial charge in [-0.2, -0.15) is 0 Å². The average molecular weight is 278 g/mol. The Morgan fingerprint density at radius 2 is 2.18 bits per heavy atom. The highest BCUT2D eigenvalue weighted by Crippen LogP contribution is 2.27. The summed E-state index contributed by atoms with van der Waals surface area (Å²) in [5, 5.41) is 12.6. The molecule has 1 aliphatic heterocycles. The first-order chi connectivity index (χ1) is 7.81. The molecule has 0 bridgehead atoms. The fourth-order valence-corrected chi connectivity index (χ4v) is 2.65. The lowest BCUT2D eigenvalue weighted by Crippen LogP contribution is -2.26. The molecule has 0 spiro atoms. The maximum atomic E-state index is 11.4. The Balaban J connectivity index is 0.00000144. The molecule has 7 heteroatoms. The van der Waals surface area contributed by atoms with E-state index in [0.29, 0.717) is 17.5 Å². The van der Waals surface area contributed by atoms with E-state index in [1.54, 1.807) is 6.92 Å². The Morgan fingerprint density at radius 1 is 1.47 bits per heavy atom. The Morgan fingerprint density at radius 3 is 2.82 bits per heavy atom. The highest BCUT2D eigenvalue weighted by atomic mass is 35.5. The van der Waals surface area contributed by atoms with Crippen LogP contribution in [0.4, 0.5) is 0 Å². The Labute approximate surface area is 110 Å². The van der Waals surface area contributed by atoms with Crippen LogP contribution in [0.25, 0.3) is 0 Å². The summed E-state index contributed by atoms with van der Waals surface area (Å²) in [5.41, 5.74) is 0. The van der Waals surface area contributed by atoms with Crippen LogP contribution in [-0.4, -0.2) is 35.9 Å². The van der Waals surface area contributed by atoms with Crippen LogP contribution in [0.15, 0.2) is 0 Å². The molecule has 2 heterocycles. The predicted octanol–water partition coefficient (Wildman–Crippen LogP) is 1.60. The molecule has 1 N–H and O–H groups in total. The van der Waals surface area contributed by atoms with E-state index in [-0.39, 0.29) is 18.4 Å². The topological polar surface area (TPSA) is 64.1 Å². The van der Waals surface area contributed by atoms with Crippen LogP contribution in [-0.2, 0) is 4.74 Å². The van der Waals surface area contributed by atoms with Crippen LogP contribution in [0, 0.1) is 0 Å². The number of piperidine rings is 1. The third-order valence-electron chi connectivity index (χ3n) is 2.58. The van der Waals surface area contributed by atoms with E-state index in [1.807, 2.05) is 0 Å². The van der Waals surface area contributed by atoms with Gasteiger partial charge < -0.3 is 10.1 Å². The van der Waals surface area contributed by atoms with Gasteiger partial charge in [0.05, 0.1) is 6.61 Å². The van der Waals surface area contributed by atoms with Gasteiger partial charge in [0.2, 0.25) is 5.01 Å². The molecule has 5 nitrogen and oxygen atoms in total. The zero-order valence-electron chi connectivity index (χ0n) is 9.64. The van der Waals surface area contributed by atoms with Crippen molar-refractivity contribution in [2.75, 3.05) is 19.7 Å². The summed E-state index contributed by atoms with van der Waals surface area (Å²) in [6.07, 6.45) is 2.13. The zero-order valence-corrected chi connectivity index (χ0v) is 11.3. The molecule has 0 radical (unpaired) electrons. The quantitative estimate of drug-likeness (QED) is 0.851. The molecule has 17 heavy (non-hydrogen) atoms. The van der Waals surface area contributed by atoms with Crippen molar-refractivity contribution in [1.82, 2.24) is 15.5 Å². The number of halogens is 1. The second-order valence-electron chi connectivity index (χ2n) is 3.69. The van der Waals surface area contributed by atoms with Gasteiger partial charge in [-0.25, -0.2) is 4.79 Å². The van der Waals surface area contributed by atoms with Crippen molar-refractivity contribution in [2.24, 2.45) is 0 Å². The summed E-state index contributed by atoms with van der Waals surface area (Å²) in [7, 11) is 0. The van der Waals surface area contributed by atoms with Crippen LogP contribution < -0.4 is 5.32 Å². The monoisotopic (exact) mass is 277 g/mol. The summed E-state index contributed by atoms with van der Waals surface area (Å²) in [6.45, 7) is 4.19. The minimum Gasteiger partial charge on any atom is -0.461 e. The standard InChI is InChI=1S/C10H15N3O2S.ClH/c1-2-15-10(14)9-13-12-8(16-9)7-3-5-11-6-4-7;/h7,11H,2-6H2,1H3;1H. The number of aromatic nitrogens is 2. The van der Waals surface area contributed by atoms with Crippen LogP contribution >= 0.6 is 23.7 Å². The normalized spacial score (nSPS) is 16.3. The Kier molecular flexibility index (Phi) is 5.80. The summed E-state index contributed by atoms with van der Waals surface area (Å²) < 4.78 is 4.89. The van der Waals surface area contributed by atoms with E-state index in [4.69, 9.17) is 4.74 Å². The van der Waals surface area contributed by atoms with Crippen molar-refractivity contribution in [3.05, 3.63) is 10.0 Å². The van der Waals surface area contributed by atoms with Gasteiger partial charge >= 0.3 is 5.97 Å². The third-order valence-corrected chi connectivity index (χ3v) is 3.64. The number of hydrogen-bond acceptors (Lipinski definition) is 6. The van der Waals surface area contributed by atoms with E-state index in [0.717, 1.165) is 30.9 Å². The molecule has 1 saturated heterocycles. The molecule has 0 unspecified atom stereocenters. The Bertz CT molecular complexity index is 366. The molecule has 0 amide bonds. The summed E-state index contributed by atoms with van der Waals surface area (Å²) >= 11 is 1.36. The van der Waals surface area contributed by atoms with E-state index >= 15 is 0 Å². The van der Waals surface area contributed by atoms with Gasteiger partial charge in [-0.05, 0) is 32.9 Å². The second-order valence-corrected chi connectivity index (χ2v) is 4.70. The van der Waals surface area contributed by atoms with Crippen molar-refractivity contribution in [2.45, 2.75) is 25.7 Å². The highest BCUT2D eigenvalue weighted by molar-refractivity contribution is 7.13. The minimum atomic E-state index is -0.361. The van der Waals surface area contributed by atoms with Crippen molar-refractivity contribution in [1.29, 1.82) is 0 Å². The van der Waals surface area contributed by atoms with Gasteiger partial charge in [0.25, 0.3) is 0 Å². The number of carbonyl (C=O) groups excluding carboxylic acids is 1. The van der Waals surface area contributed by atoms with Crippen molar-refractivity contribution >= 4 is 29.7 Å². The van der Waals surface area contributed by atoms with Crippen LogP contribution in [0.2, 0.25) is 0 Å². The summed E-state index contributed by atoms with van der Waals surface area (Å²) in [6, 6.07) is 0. The van der Waals surface area contributed by atoms with E-state index in [9.17, 15) is 4.79 Å². The fourth-order valence-electron chi connectivity index (χ4n) is 1.74. The largest absolute Gasteiger partial charge is 0.461 e. The van der Waals surface area contributed by atoms with Crippen molar-refractivity contribution in [3.8, 4) is 0 Å². The predicted molar refractivity (Wildman–Crippen MR) is 68.0 cm³/mol. The molecule has 1 aromatic rings. The number of carbonyl (C=O) groups is 1. The van der Waals surface area contributed by atoms with Crippen molar-refractivity contribution in [3.63, 3.8) is 0 Å². The number of rotatable bonds is 3. The molecule has 0 atom stereocenters. The lowest BCUT2D eigenvalue weighted by atomic mass is 9.99. The molecule has 2 rings (SSSR count). The molecule has 1 aliphatic rings. The smallest absolute Gasteiger partial charge is 0.369 e. The van der Waals surface area contributed by atoms with Crippen molar-refractivity contribution < 1.29 is 9.53 Å². The SMILES string of the molecule is CCOC(=O)c1nnc(C2CCNCC2)s1.Cl. The van der Waals surface area contributed by atoms with E-state index in [2.05, 4.69) is 15.5 Å². The van der Waals surface area contributed by atoms with E-state index in [1.165, 1.54) is 11.3 Å². The Hall–Kier alpha value is -0.720. The van der Waals surface area contributed by atoms with Crippen LogP contribution in [0.1, 0.15) is 40.5 Å². The van der Waals surface area contributed by atoms with Gasteiger partial charge in [0, 0.05) is 5.92 Å². The zero-order chi connectivity index (χ0) is 11.4. The first kappa shape index (κ1) is 14.3. The van der Waals surface area contributed by atoms with Gasteiger partial charge in [0.15, 0.2) is 0 Å². The minimum absolute atomic E-state index is 0. The molecule has 1 aromatic heterocycles. The van der Waals surface area contributed by atoms with Crippen LogP contribution in [0.3, 0.4) is 0 Å². The molecule has 0 aromatic carbocycles. The van der Waals surface area contributed by atoms with E-state index < -0.39 is 0 Å². The second kappa shape index (κ2) is 6.88. The van der Waals surface area contributed by atoms with Gasteiger partial charge in [0.1, 0.15) is 5.01 Å². The number of esters is 1. The summed E-state index contributed by atoms with van der Waals surface area (Å²) in [4.78, 5) is 11.4. The lowest BCUT2D eigenvalue weighted by Gasteiger charge is -2.19. The first-order valence-electron chi connectivity index (χ1n) is 5.52. The molecule has 0 aliphatic carbocycles. The third kappa shape index (κ3) is 3.62. The molecule has 1 fully saturated rings. The number of hydrogen-bond donors (Lipinski definition) is 1.